The van der Waals surface area contributed by atoms with Gasteiger partial charge in [-0.1, -0.05) is 49.8 Å². The molecular formula is C28H43ClN2S. The van der Waals surface area contributed by atoms with Crippen LogP contribution in [0.5, 0.6) is 0 Å². The predicted molar refractivity (Wildman–Crippen MR) is 142 cm³/mol. The molecule has 2 aliphatic carbocycles. The lowest BCUT2D eigenvalue weighted by Gasteiger charge is -2.34. The molecule has 4 heteroatoms. The molecule has 1 aromatic carbocycles. The minimum absolute atomic E-state index is 0.493. The van der Waals surface area contributed by atoms with Gasteiger partial charge in [0.05, 0.1) is 0 Å². The van der Waals surface area contributed by atoms with Crippen molar-refractivity contribution in [2.24, 2.45) is 17.8 Å². The maximum Gasteiger partial charge on any atom is 0.0417 e. The Morgan fingerprint density at radius 2 is 1.97 bits per heavy atom. The van der Waals surface area contributed by atoms with Crippen LogP contribution >= 0.6 is 23.4 Å². The van der Waals surface area contributed by atoms with Gasteiger partial charge >= 0.3 is 0 Å². The maximum absolute atomic E-state index is 6.08. The van der Waals surface area contributed by atoms with E-state index in [4.69, 9.17) is 18.0 Å². The molecule has 1 aromatic rings. The van der Waals surface area contributed by atoms with Crippen LogP contribution in [-0.2, 0) is 0 Å². The van der Waals surface area contributed by atoms with E-state index in [2.05, 4.69) is 35.6 Å². The Kier molecular flexibility index (Phi) is 11.8. The molecule has 0 aromatic heterocycles. The lowest BCUT2D eigenvalue weighted by Crippen LogP contribution is -2.45. The maximum atomic E-state index is 6.08. The van der Waals surface area contributed by atoms with Gasteiger partial charge in [0.25, 0.3) is 0 Å². The molecule has 2 nitrogen and oxygen atoms in total. The summed E-state index contributed by atoms with van der Waals surface area (Å²) >= 11 is 7.97. The second-order valence-electron chi connectivity index (χ2n) is 10.0. The molecule has 178 valence electrons. The topological polar surface area (TPSA) is 24.1 Å². The van der Waals surface area contributed by atoms with Gasteiger partial charge in [-0.25, -0.2) is 0 Å². The van der Waals surface area contributed by atoms with Crippen molar-refractivity contribution in [3.63, 3.8) is 0 Å². The second-order valence-corrected chi connectivity index (χ2v) is 11.6. The van der Waals surface area contributed by atoms with Crippen molar-refractivity contribution >= 4 is 23.4 Å². The lowest BCUT2D eigenvalue weighted by atomic mass is 9.79. The minimum Gasteiger partial charge on any atom is -0.313 e. The molecule has 32 heavy (non-hydrogen) atoms. The van der Waals surface area contributed by atoms with Crippen molar-refractivity contribution in [3.8, 4) is 12.3 Å². The molecule has 3 rings (SSSR count). The number of benzene rings is 1. The molecule has 2 N–H and O–H groups in total. The first-order valence-electron chi connectivity index (χ1n) is 12.9. The third-order valence-electron chi connectivity index (χ3n) is 7.24. The van der Waals surface area contributed by atoms with Gasteiger partial charge in [0, 0.05) is 35.0 Å². The Hall–Kier alpha value is -0.660. The Labute approximate surface area is 206 Å². The van der Waals surface area contributed by atoms with Gasteiger partial charge in [-0.15, -0.1) is 24.1 Å². The van der Waals surface area contributed by atoms with Crippen LogP contribution in [0.3, 0.4) is 0 Å². The van der Waals surface area contributed by atoms with Crippen molar-refractivity contribution in [1.29, 1.82) is 0 Å². The van der Waals surface area contributed by atoms with Crippen molar-refractivity contribution in [3.05, 3.63) is 29.3 Å². The van der Waals surface area contributed by atoms with Gasteiger partial charge in [-0.3, -0.25) is 0 Å². The molecule has 3 atom stereocenters. The zero-order chi connectivity index (χ0) is 22.6. The highest BCUT2D eigenvalue weighted by atomic mass is 35.5. The van der Waals surface area contributed by atoms with E-state index >= 15 is 0 Å². The van der Waals surface area contributed by atoms with Crippen molar-refractivity contribution in [2.75, 3.05) is 18.8 Å². The van der Waals surface area contributed by atoms with Crippen LogP contribution in [0.4, 0.5) is 0 Å². The molecule has 2 saturated carbocycles. The second kappa shape index (κ2) is 14.6. The molecular weight excluding hydrogens is 432 g/mol. The third-order valence-corrected chi connectivity index (χ3v) is 8.56. The van der Waals surface area contributed by atoms with Crippen molar-refractivity contribution in [1.82, 2.24) is 10.6 Å². The van der Waals surface area contributed by atoms with Crippen molar-refractivity contribution < 1.29 is 0 Å². The summed E-state index contributed by atoms with van der Waals surface area (Å²) in [7, 11) is 0. The molecule has 2 fully saturated rings. The van der Waals surface area contributed by atoms with E-state index in [1.54, 1.807) is 0 Å². The van der Waals surface area contributed by atoms with Crippen LogP contribution in [0.2, 0.25) is 5.02 Å². The summed E-state index contributed by atoms with van der Waals surface area (Å²) in [5.41, 5.74) is 0. The molecule has 0 amide bonds. The summed E-state index contributed by atoms with van der Waals surface area (Å²) in [5.74, 6) is 6.63. The van der Waals surface area contributed by atoms with Crippen molar-refractivity contribution in [2.45, 2.75) is 94.5 Å². The van der Waals surface area contributed by atoms with E-state index in [-0.39, 0.29) is 0 Å². The Morgan fingerprint density at radius 1 is 1.16 bits per heavy atom. The summed E-state index contributed by atoms with van der Waals surface area (Å²) in [6.07, 6.45) is 20.3. The van der Waals surface area contributed by atoms with E-state index in [0.717, 1.165) is 48.0 Å². The van der Waals surface area contributed by atoms with Crippen LogP contribution in [0.25, 0.3) is 0 Å². The summed E-state index contributed by atoms with van der Waals surface area (Å²) in [5, 5.41) is 8.57. The lowest BCUT2D eigenvalue weighted by molar-refractivity contribution is 0.222. The summed E-state index contributed by atoms with van der Waals surface area (Å²) in [4.78, 5) is 1.26. The van der Waals surface area contributed by atoms with Crippen LogP contribution in [0, 0.1) is 30.1 Å². The minimum atomic E-state index is 0.493. The van der Waals surface area contributed by atoms with E-state index in [1.807, 2.05) is 23.9 Å². The zero-order valence-corrected chi connectivity index (χ0v) is 21.5. The fourth-order valence-electron chi connectivity index (χ4n) is 5.30. The number of hydrogen-bond donors (Lipinski definition) is 2. The first-order chi connectivity index (χ1) is 15.7. The number of nitrogens with one attached hydrogen (secondary N) is 2. The Morgan fingerprint density at radius 3 is 2.69 bits per heavy atom. The molecule has 0 saturated heterocycles. The highest BCUT2D eigenvalue weighted by Gasteiger charge is 2.37. The summed E-state index contributed by atoms with van der Waals surface area (Å²) in [6, 6.07) is 9.28. The van der Waals surface area contributed by atoms with Crippen LogP contribution in [0.1, 0.15) is 77.6 Å². The average Bonchev–Trinajstić information content (AvgIpc) is 3.63. The third kappa shape index (κ3) is 9.68. The fraction of sp³-hybridized carbons (Fsp3) is 0.714. The highest BCUT2D eigenvalue weighted by molar-refractivity contribution is 7.99. The van der Waals surface area contributed by atoms with E-state index in [9.17, 15) is 0 Å². The van der Waals surface area contributed by atoms with Gasteiger partial charge in [0.15, 0.2) is 0 Å². The zero-order valence-electron chi connectivity index (χ0n) is 20.0. The standard InChI is InChI=1S/C28H43ClN2S/c1-3-4-14-27(24-15-16-24)28(19-23-10-6-5-7-11-23)31-21-22(2)30-17-9-18-32-26-13-8-12-25(29)20-26/h1,8,12-13,20,22-24,27-28,30-31H,4-7,9-11,14-19,21H2,2H3/t22?,27?,28-/m0/s1. The first-order valence-corrected chi connectivity index (χ1v) is 14.3. The quantitative estimate of drug-likeness (QED) is 0.160. The van der Waals surface area contributed by atoms with Gasteiger partial charge in [-0.2, -0.15) is 0 Å². The first kappa shape index (κ1) is 26.0. The van der Waals surface area contributed by atoms with Gasteiger partial charge in [0.1, 0.15) is 0 Å². The van der Waals surface area contributed by atoms with Gasteiger partial charge in [-0.05, 0) is 87.3 Å². The average molecular weight is 475 g/mol. The van der Waals surface area contributed by atoms with E-state index in [0.29, 0.717) is 12.1 Å². The highest BCUT2D eigenvalue weighted by Crippen LogP contribution is 2.43. The predicted octanol–water partition coefficient (Wildman–Crippen LogP) is 7.17. The molecule has 0 heterocycles. The fourth-order valence-corrected chi connectivity index (χ4v) is 6.46. The van der Waals surface area contributed by atoms with Gasteiger partial charge in [0.2, 0.25) is 0 Å². The number of rotatable bonds is 15. The number of hydrogen-bond acceptors (Lipinski definition) is 3. The summed E-state index contributed by atoms with van der Waals surface area (Å²) < 4.78 is 0. The monoisotopic (exact) mass is 474 g/mol. The van der Waals surface area contributed by atoms with E-state index < -0.39 is 0 Å². The number of halogens is 1. The summed E-state index contributed by atoms with van der Waals surface area (Å²) in [6.45, 7) is 4.44. The number of thioether (sulfide) groups is 1. The Balaban J connectivity index is 1.39. The molecule has 0 bridgehead atoms. The Bertz CT molecular complexity index is 693. The molecule has 2 unspecified atom stereocenters. The smallest absolute Gasteiger partial charge is 0.0417 e. The van der Waals surface area contributed by atoms with E-state index in [1.165, 1.54) is 69.1 Å². The normalized spacial score (nSPS) is 19.9. The SMILES string of the molecule is C#CCCC(C1CC1)[C@H](CC1CCCCC1)NCC(C)NCCCSc1cccc(Cl)c1. The van der Waals surface area contributed by atoms with Crippen LogP contribution < -0.4 is 10.6 Å². The number of terminal acetylenes is 1. The molecule has 2 aliphatic rings. The molecule has 0 aliphatic heterocycles. The van der Waals surface area contributed by atoms with Gasteiger partial charge < -0.3 is 10.6 Å². The van der Waals surface area contributed by atoms with Crippen LogP contribution in [0.15, 0.2) is 29.2 Å². The molecule has 0 radical (unpaired) electrons. The van der Waals surface area contributed by atoms with Crippen LogP contribution in [-0.4, -0.2) is 30.9 Å². The largest absolute Gasteiger partial charge is 0.313 e. The molecule has 0 spiro atoms.